The van der Waals surface area contributed by atoms with E-state index in [9.17, 15) is 4.79 Å². The third-order valence-electron chi connectivity index (χ3n) is 4.77. The summed E-state index contributed by atoms with van der Waals surface area (Å²) < 4.78 is 0. The molecule has 0 aromatic rings. The maximum atomic E-state index is 12.4. The number of rotatable bonds is 1. The standard InChI is InChI=1S/C13H22ClNO/c1-12-7-5-6-9(10(12)14)13(2,8-12)11(16)15(3)4/h9-10H,5-8H2,1-4H3/t9-,10+,12-,13+/m0/s1. The molecular formula is C13H22ClNO. The number of fused-ring (bicyclic) bond motifs is 2. The van der Waals surface area contributed by atoms with Gasteiger partial charge in [-0.2, -0.15) is 0 Å². The van der Waals surface area contributed by atoms with Crippen molar-refractivity contribution in [3.8, 4) is 0 Å². The Morgan fingerprint density at radius 1 is 1.38 bits per heavy atom. The normalized spacial score (nSPS) is 46.8. The van der Waals surface area contributed by atoms with Gasteiger partial charge in [0.05, 0.1) is 5.41 Å². The van der Waals surface area contributed by atoms with Gasteiger partial charge in [0.15, 0.2) is 0 Å². The molecule has 0 heterocycles. The Hall–Kier alpha value is -0.240. The van der Waals surface area contributed by atoms with Crippen LogP contribution in [0, 0.1) is 16.7 Å². The largest absolute Gasteiger partial charge is 0.348 e. The molecule has 0 aliphatic heterocycles. The highest BCUT2D eigenvalue weighted by Gasteiger charge is 2.61. The van der Waals surface area contributed by atoms with Crippen molar-refractivity contribution < 1.29 is 4.79 Å². The first kappa shape index (κ1) is 12.2. The van der Waals surface area contributed by atoms with E-state index in [-0.39, 0.29) is 22.1 Å². The number of carbonyl (C=O) groups excluding carboxylic acids is 1. The molecule has 0 saturated heterocycles. The van der Waals surface area contributed by atoms with Crippen LogP contribution in [0.1, 0.15) is 39.5 Å². The second-order valence-electron chi connectivity index (χ2n) is 6.35. The highest BCUT2D eigenvalue weighted by Crippen LogP contribution is 2.62. The molecule has 1 amide bonds. The number of nitrogens with zero attached hydrogens (tertiary/aromatic N) is 1. The van der Waals surface area contributed by atoms with Gasteiger partial charge in [0.2, 0.25) is 5.91 Å². The molecule has 2 fully saturated rings. The smallest absolute Gasteiger partial charge is 0.228 e. The van der Waals surface area contributed by atoms with Gasteiger partial charge in [-0.1, -0.05) is 20.3 Å². The van der Waals surface area contributed by atoms with E-state index in [0.717, 1.165) is 12.8 Å². The summed E-state index contributed by atoms with van der Waals surface area (Å²) in [6.45, 7) is 4.37. The molecule has 0 unspecified atom stereocenters. The number of alkyl halides is 1. The summed E-state index contributed by atoms with van der Waals surface area (Å²) in [5.41, 5.74) is -0.0634. The van der Waals surface area contributed by atoms with Crippen LogP contribution in [0.2, 0.25) is 0 Å². The zero-order valence-corrected chi connectivity index (χ0v) is 11.5. The monoisotopic (exact) mass is 243 g/mol. The summed E-state index contributed by atoms with van der Waals surface area (Å²) in [5.74, 6) is 0.622. The van der Waals surface area contributed by atoms with Crippen LogP contribution in [-0.4, -0.2) is 30.3 Å². The van der Waals surface area contributed by atoms with Crippen molar-refractivity contribution >= 4 is 17.5 Å². The highest BCUT2D eigenvalue weighted by atomic mass is 35.5. The number of amides is 1. The first-order valence-corrected chi connectivity index (χ1v) is 6.61. The van der Waals surface area contributed by atoms with E-state index in [1.807, 2.05) is 14.1 Å². The van der Waals surface area contributed by atoms with Crippen molar-refractivity contribution in [2.75, 3.05) is 14.1 Å². The fourth-order valence-electron chi connectivity index (χ4n) is 4.04. The average Bonchev–Trinajstić information content (AvgIpc) is 2.34. The molecular weight excluding hydrogens is 222 g/mol. The van der Waals surface area contributed by atoms with Crippen LogP contribution in [0.15, 0.2) is 0 Å². The van der Waals surface area contributed by atoms with Gasteiger partial charge >= 0.3 is 0 Å². The summed E-state index contributed by atoms with van der Waals surface area (Å²) in [6, 6.07) is 0. The van der Waals surface area contributed by atoms with E-state index in [2.05, 4.69) is 13.8 Å². The summed E-state index contributed by atoms with van der Waals surface area (Å²) in [4.78, 5) is 14.1. The second kappa shape index (κ2) is 3.63. The summed E-state index contributed by atoms with van der Waals surface area (Å²) in [5, 5.41) is 0.176. The van der Waals surface area contributed by atoms with Crippen LogP contribution < -0.4 is 0 Å². The Bertz CT molecular complexity index is 317. The van der Waals surface area contributed by atoms with E-state index < -0.39 is 0 Å². The van der Waals surface area contributed by atoms with E-state index >= 15 is 0 Å². The van der Waals surface area contributed by atoms with E-state index in [1.165, 1.54) is 12.8 Å². The lowest BCUT2D eigenvalue weighted by atomic mass is 9.75. The number of carbonyl (C=O) groups is 1. The molecule has 0 aromatic heterocycles. The van der Waals surface area contributed by atoms with Crippen molar-refractivity contribution in [2.24, 2.45) is 16.7 Å². The SMILES string of the molecule is CN(C)C(=O)[C@]1(C)C[C@]2(C)CCC[C@H]1[C@H]2Cl. The quantitative estimate of drug-likeness (QED) is 0.649. The number of halogens is 1. The lowest BCUT2D eigenvalue weighted by Crippen LogP contribution is -2.42. The molecule has 2 saturated carbocycles. The molecule has 0 aromatic carbocycles. The molecule has 2 bridgehead atoms. The maximum Gasteiger partial charge on any atom is 0.228 e. The van der Waals surface area contributed by atoms with E-state index in [4.69, 9.17) is 11.6 Å². The maximum absolute atomic E-state index is 12.4. The van der Waals surface area contributed by atoms with Crippen LogP contribution in [0.5, 0.6) is 0 Å². The Kier molecular flexibility index (Phi) is 2.77. The molecule has 0 N–H and O–H groups in total. The molecule has 2 aliphatic carbocycles. The fraction of sp³-hybridized carbons (Fsp3) is 0.923. The predicted octanol–water partition coefficient (Wildman–Crippen LogP) is 2.90. The minimum atomic E-state index is -0.235. The van der Waals surface area contributed by atoms with Crippen molar-refractivity contribution in [1.29, 1.82) is 0 Å². The van der Waals surface area contributed by atoms with Crippen LogP contribution >= 0.6 is 11.6 Å². The van der Waals surface area contributed by atoms with Gasteiger partial charge in [-0.25, -0.2) is 0 Å². The van der Waals surface area contributed by atoms with Gasteiger partial charge < -0.3 is 4.90 Å². The lowest BCUT2D eigenvalue weighted by molar-refractivity contribution is -0.140. The Labute approximate surface area is 103 Å². The van der Waals surface area contributed by atoms with Crippen LogP contribution in [0.3, 0.4) is 0 Å². The van der Waals surface area contributed by atoms with Crippen molar-refractivity contribution in [2.45, 2.75) is 44.9 Å². The molecule has 2 nitrogen and oxygen atoms in total. The zero-order chi connectivity index (χ0) is 12.1. The Morgan fingerprint density at radius 2 is 2.00 bits per heavy atom. The van der Waals surface area contributed by atoms with Crippen molar-refractivity contribution in [1.82, 2.24) is 4.90 Å². The molecule has 2 aliphatic rings. The third-order valence-corrected chi connectivity index (χ3v) is 5.60. The summed E-state index contributed by atoms with van der Waals surface area (Å²) >= 11 is 6.58. The summed E-state index contributed by atoms with van der Waals surface area (Å²) in [7, 11) is 3.70. The number of hydrogen-bond acceptors (Lipinski definition) is 1. The van der Waals surface area contributed by atoms with Crippen LogP contribution in [0.25, 0.3) is 0 Å². The van der Waals surface area contributed by atoms with Gasteiger partial charge in [-0.15, -0.1) is 11.6 Å². The molecule has 0 spiro atoms. The van der Waals surface area contributed by atoms with Gasteiger partial charge in [0.25, 0.3) is 0 Å². The van der Waals surface area contributed by atoms with Crippen LogP contribution in [-0.2, 0) is 4.79 Å². The van der Waals surface area contributed by atoms with Gasteiger partial charge in [-0.3, -0.25) is 4.79 Å². The Balaban J connectivity index is 2.34. The minimum absolute atomic E-state index is 0.172. The minimum Gasteiger partial charge on any atom is -0.348 e. The second-order valence-corrected chi connectivity index (χ2v) is 6.82. The highest BCUT2D eigenvalue weighted by molar-refractivity contribution is 6.22. The van der Waals surface area contributed by atoms with Gasteiger partial charge in [-0.05, 0) is 30.6 Å². The predicted molar refractivity (Wildman–Crippen MR) is 66.5 cm³/mol. The van der Waals surface area contributed by atoms with E-state index in [1.54, 1.807) is 4.90 Å². The molecule has 92 valence electrons. The van der Waals surface area contributed by atoms with Gasteiger partial charge in [0.1, 0.15) is 0 Å². The first-order valence-electron chi connectivity index (χ1n) is 6.17. The topological polar surface area (TPSA) is 20.3 Å². The average molecular weight is 244 g/mol. The van der Waals surface area contributed by atoms with E-state index in [0.29, 0.717) is 5.92 Å². The molecule has 2 rings (SSSR count). The van der Waals surface area contributed by atoms with Crippen LogP contribution in [0.4, 0.5) is 0 Å². The van der Waals surface area contributed by atoms with Crippen molar-refractivity contribution in [3.05, 3.63) is 0 Å². The first-order chi connectivity index (χ1) is 7.31. The fourth-order valence-corrected chi connectivity index (χ4v) is 4.63. The number of hydrogen-bond donors (Lipinski definition) is 0. The third kappa shape index (κ3) is 1.49. The van der Waals surface area contributed by atoms with Crippen molar-refractivity contribution in [3.63, 3.8) is 0 Å². The lowest BCUT2D eigenvalue weighted by Gasteiger charge is -2.35. The Morgan fingerprint density at radius 3 is 2.50 bits per heavy atom. The zero-order valence-electron chi connectivity index (χ0n) is 10.7. The molecule has 3 heteroatoms. The molecule has 4 atom stereocenters. The molecule has 0 radical (unpaired) electrons. The van der Waals surface area contributed by atoms with Gasteiger partial charge in [0, 0.05) is 19.5 Å². The molecule has 16 heavy (non-hydrogen) atoms. The summed E-state index contributed by atoms with van der Waals surface area (Å²) in [6.07, 6.45) is 4.46.